The molecule has 0 spiro atoms. The molecule has 1 atom stereocenters. The lowest BCUT2D eigenvalue weighted by atomic mass is 10.2. The Kier molecular flexibility index (Phi) is 5.43. The summed E-state index contributed by atoms with van der Waals surface area (Å²) in [7, 11) is 0. The summed E-state index contributed by atoms with van der Waals surface area (Å²) in [5.41, 5.74) is 1.51. The molecule has 1 N–H and O–H groups in total. The Balaban J connectivity index is 1.37. The molecule has 0 radical (unpaired) electrons. The smallest absolute Gasteiger partial charge is 0.326 e. The minimum absolute atomic E-state index is 0.0137. The van der Waals surface area contributed by atoms with E-state index in [-0.39, 0.29) is 17.7 Å². The van der Waals surface area contributed by atoms with Gasteiger partial charge >= 0.3 is 6.18 Å². The second-order valence-electron chi connectivity index (χ2n) is 7.99. The van der Waals surface area contributed by atoms with E-state index in [1.165, 1.54) is 34.7 Å². The molecule has 0 fully saturated rings. The van der Waals surface area contributed by atoms with Gasteiger partial charge in [0.15, 0.2) is 10.8 Å². The number of rotatable bonds is 4. The van der Waals surface area contributed by atoms with E-state index < -0.39 is 23.7 Å². The minimum atomic E-state index is -4.44. The van der Waals surface area contributed by atoms with Crippen LogP contribution in [-0.2, 0) is 11.0 Å². The number of nitrogens with zero attached hydrogens (tertiary/aromatic N) is 4. The first-order valence-electron chi connectivity index (χ1n) is 10.4. The van der Waals surface area contributed by atoms with E-state index in [0.717, 1.165) is 23.4 Å². The summed E-state index contributed by atoms with van der Waals surface area (Å²) in [6.07, 6.45) is -2.99. The normalized spacial score (nSPS) is 15.5. The third kappa shape index (κ3) is 4.07. The molecule has 4 aromatic rings. The monoisotopic (exact) mass is 485 g/mol. The molecule has 1 aliphatic rings. The van der Waals surface area contributed by atoms with E-state index in [4.69, 9.17) is 0 Å². The van der Waals surface area contributed by atoms with Crippen LogP contribution in [0.4, 0.5) is 18.9 Å². The van der Waals surface area contributed by atoms with Crippen molar-refractivity contribution in [2.24, 2.45) is 0 Å². The van der Waals surface area contributed by atoms with Crippen molar-refractivity contribution < 1.29 is 18.0 Å². The maximum Gasteiger partial charge on any atom is 0.416 e. The molecule has 0 bridgehead atoms. The van der Waals surface area contributed by atoms with E-state index in [1.807, 2.05) is 31.2 Å². The fourth-order valence-corrected chi connectivity index (χ4v) is 4.95. The second-order valence-corrected chi connectivity index (χ2v) is 8.98. The maximum absolute atomic E-state index is 13.2. The topological polar surface area (TPSA) is 81.8 Å². The lowest BCUT2D eigenvalue weighted by Gasteiger charge is -2.14. The molecule has 0 saturated carbocycles. The average molecular weight is 485 g/mol. The van der Waals surface area contributed by atoms with Crippen molar-refractivity contribution in [3.05, 3.63) is 76.2 Å². The quantitative estimate of drug-likeness (QED) is 0.428. The molecule has 11 heteroatoms. The molecule has 3 heterocycles. The molecule has 1 amide bonds. The maximum atomic E-state index is 13.2. The van der Waals surface area contributed by atoms with Gasteiger partial charge < -0.3 is 5.32 Å². The van der Waals surface area contributed by atoms with Gasteiger partial charge in [-0.2, -0.15) is 18.3 Å². The van der Waals surface area contributed by atoms with Crippen molar-refractivity contribution in [1.29, 1.82) is 0 Å². The van der Waals surface area contributed by atoms with Crippen LogP contribution < -0.4 is 10.9 Å². The van der Waals surface area contributed by atoms with Gasteiger partial charge in [0.2, 0.25) is 5.91 Å². The van der Waals surface area contributed by atoms with Crippen LogP contribution in [0.2, 0.25) is 0 Å². The number of fused-ring (bicyclic) bond motifs is 2. The number of benzene rings is 2. The molecule has 5 rings (SSSR count). The highest BCUT2D eigenvalue weighted by molar-refractivity contribution is 7.99. The van der Waals surface area contributed by atoms with E-state index in [0.29, 0.717) is 21.9 Å². The Bertz CT molecular complexity index is 1440. The van der Waals surface area contributed by atoms with Gasteiger partial charge in [0.25, 0.3) is 5.56 Å². The predicted octanol–water partition coefficient (Wildman–Crippen LogP) is 4.59. The third-order valence-electron chi connectivity index (χ3n) is 5.57. The summed E-state index contributed by atoms with van der Waals surface area (Å²) in [6, 6.07) is 11.5. The van der Waals surface area contributed by atoms with Gasteiger partial charge in [-0.05, 0) is 43.3 Å². The first-order valence-corrected chi connectivity index (χ1v) is 11.4. The van der Waals surface area contributed by atoms with Crippen LogP contribution in [0.3, 0.4) is 0 Å². The molecule has 0 aliphatic carbocycles. The van der Waals surface area contributed by atoms with Gasteiger partial charge in [-0.3, -0.25) is 14.2 Å². The van der Waals surface area contributed by atoms with Gasteiger partial charge in [0, 0.05) is 17.9 Å². The lowest BCUT2D eigenvalue weighted by molar-refractivity contribution is -0.137. The number of amides is 1. The number of thioether (sulfide) groups is 1. The van der Waals surface area contributed by atoms with Gasteiger partial charge in [-0.1, -0.05) is 29.5 Å². The molecule has 34 heavy (non-hydrogen) atoms. The summed E-state index contributed by atoms with van der Waals surface area (Å²) >= 11 is 1.37. The summed E-state index contributed by atoms with van der Waals surface area (Å²) in [6.45, 7) is 1.98. The third-order valence-corrected chi connectivity index (χ3v) is 6.66. The van der Waals surface area contributed by atoms with Crippen LogP contribution in [0.5, 0.6) is 0 Å². The highest BCUT2D eigenvalue weighted by Gasteiger charge is 2.31. The summed E-state index contributed by atoms with van der Waals surface area (Å²) in [5, 5.41) is 7.78. The highest BCUT2D eigenvalue weighted by atomic mass is 32.2. The van der Waals surface area contributed by atoms with E-state index in [1.54, 1.807) is 4.68 Å². The molecule has 1 unspecified atom stereocenters. The fourth-order valence-electron chi connectivity index (χ4n) is 3.82. The molecule has 2 aromatic heterocycles. The Hall–Kier alpha value is -3.60. The SMILES string of the molecule is Cc1ccc(-n2ncc3c(=O)n4c(nc32)SCC4CC(=O)Nc2ccc(C(F)(F)F)cc2)cc1. The number of anilines is 1. The van der Waals surface area contributed by atoms with Crippen molar-refractivity contribution in [3.63, 3.8) is 0 Å². The van der Waals surface area contributed by atoms with Crippen LogP contribution in [0.25, 0.3) is 16.7 Å². The van der Waals surface area contributed by atoms with Crippen LogP contribution in [0.1, 0.15) is 23.6 Å². The number of halogens is 3. The van der Waals surface area contributed by atoms with Crippen molar-refractivity contribution >= 4 is 34.4 Å². The number of nitrogens with one attached hydrogen (secondary N) is 1. The number of aryl methyl sites for hydroxylation is 1. The molecule has 174 valence electrons. The Morgan fingerprint density at radius 2 is 1.85 bits per heavy atom. The molecule has 2 aromatic carbocycles. The minimum Gasteiger partial charge on any atom is -0.326 e. The standard InChI is InChI=1S/C23H18F3N5O2S/c1-13-2-8-16(9-3-13)31-20-18(11-27-31)21(33)30-17(12-34-22(30)29-20)10-19(32)28-15-6-4-14(5-7-15)23(24,25)26/h2-9,11,17H,10,12H2,1H3,(H,28,32). The van der Waals surface area contributed by atoms with Gasteiger partial charge in [-0.25, -0.2) is 9.67 Å². The van der Waals surface area contributed by atoms with E-state index in [2.05, 4.69) is 15.4 Å². The number of hydrogen-bond donors (Lipinski definition) is 1. The summed E-state index contributed by atoms with van der Waals surface area (Å²) in [5.74, 6) is 0.0771. The molecule has 0 saturated heterocycles. The Labute approximate surface area is 195 Å². The van der Waals surface area contributed by atoms with Crippen LogP contribution >= 0.6 is 11.8 Å². The van der Waals surface area contributed by atoms with Gasteiger partial charge in [0.1, 0.15) is 5.39 Å². The molecule has 7 nitrogen and oxygen atoms in total. The van der Waals surface area contributed by atoms with E-state index >= 15 is 0 Å². The zero-order chi connectivity index (χ0) is 24.0. The van der Waals surface area contributed by atoms with Crippen LogP contribution in [-0.4, -0.2) is 31.0 Å². The Morgan fingerprint density at radius 3 is 2.53 bits per heavy atom. The van der Waals surface area contributed by atoms with Gasteiger partial charge in [-0.15, -0.1) is 0 Å². The summed E-state index contributed by atoms with van der Waals surface area (Å²) < 4.78 is 41.3. The van der Waals surface area contributed by atoms with Crippen LogP contribution in [0, 0.1) is 6.92 Å². The lowest BCUT2D eigenvalue weighted by Crippen LogP contribution is -2.27. The highest BCUT2D eigenvalue weighted by Crippen LogP contribution is 2.34. The molecule has 1 aliphatic heterocycles. The number of carbonyl (C=O) groups excluding carboxylic acids is 1. The zero-order valence-electron chi connectivity index (χ0n) is 17.8. The van der Waals surface area contributed by atoms with E-state index in [9.17, 15) is 22.8 Å². The van der Waals surface area contributed by atoms with Crippen LogP contribution in [0.15, 0.2) is 64.7 Å². The predicted molar refractivity (Wildman–Crippen MR) is 122 cm³/mol. The first-order chi connectivity index (χ1) is 16.2. The van der Waals surface area contributed by atoms with Gasteiger partial charge in [0.05, 0.1) is 23.5 Å². The number of carbonyl (C=O) groups is 1. The van der Waals surface area contributed by atoms with Crippen molar-refractivity contribution in [2.45, 2.75) is 30.7 Å². The Morgan fingerprint density at radius 1 is 1.15 bits per heavy atom. The second kappa shape index (κ2) is 8.32. The first kappa shape index (κ1) is 22.2. The number of hydrogen-bond acceptors (Lipinski definition) is 5. The van der Waals surface area contributed by atoms with Crippen molar-refractivity contribution in [3.8, 4) is 5.69 Å². The average Bonchev–Trinajstić information content (AvgIpc) is 3.39. The molecular weight excluding hydrogens is 467 g/mol. The number of aromatic nitrogens is 4. The van der Waals surface area contributed by atoms with Crippen molar-refractivity contribution in [2.75, 3.05) is 11.1 Å². The van der Waals surface area contributed by atoms with Crippen molar-refractivity contribution in [1.82, 2.24) is 19.3 Å². The zero-order valence-corrected chi connectivity index (χ0v) is 18.7. The fraction of sp³-hybridized carbons (Fsp3) is 0.217. The summed E-state index contributed by atoms with van der Waals surface area (Å²) in [4.78, 5) is 30.4. The largest absolute Gasteiger partial charge is 0.416 e. The number of alkyl halides is 3. The molecular formula is C23H18F3N5O2S.